The molecule has 0 aliphatic rings. The number of fused-ring (bicyclic) bond motifs is 12. The minimum absolute atomic E-state index is 1.17. The summed E-state index contributed by atoms with van der Waals surface area (Å²) in [6.45, 7) is 0. The molecule has 0 amide bonds. The number of aromatic nitrogens is 3. The van der Waals surface area contributed by atoms with Crippen molar-refractivity contribution in [1.29, 1.82) is 0 Å². The maximum atomic E-state index is 2.45. The largest absolute Gasteiger partial charge is 0.309 e. The zero-order valence-electron chi connectivity index (χ0n) is 22.1. The van der Waals surface area contributed by atoms with Crippen LogP contribution in [0.4, 0.5) is 0 Å². The summed E-state index contributed by atoms with van der Waals surface area (Å²) in [5.41, 5.74) is 12.3. The zero-order chi connectivity index (χ0) is 26.7. The highest BCUT2D eigenvalue weighted by Gasteiger charge is 2.22. The third-order valence-electron chi connectivity index (χ3n) is 8.97. The highest BCUT2D eigenvalue weighted by molar-refractivity contribution is 6.24. The summed E-state index contributed by atoms with van der Waals surface area (Å²) in [5, 5.41) is 6.53. The smallest absolute Gasteiger partial charge is 0.131 e. The van der Waals surface area contributed by atoms with E-state index in [0.717, 1.165) is 0 Å². The normalized spacial score (nSPS) is 12.4. The van der Waals surface area contributed by atoms with Crippen molar-refractivity contribution in [3.8, 4) is 16.8 Å². The van der Waals surface area contributed by atoms with Crippen molar-refractivity contribution in [1.82, 2.24) is 13.4 Å². The summed E-state index contributed by atoms with van der Waals surface area (Å²) in [6.07, 6.45) is 0. The van der Waals surface area contributed by atoms with Crippen molar-refractivity contribution >= 4 is 65.7 Å². The molecule has 0 radical (unpaired) electrons. The van der Waals surface area contributed by atoms with Gasteiger partial charge in [0.15, 0.2) is 0 Å². The number of hydrogen-bond acceptors (Lipinski definition) is 0. The number of hydrogen-bond donors (Lipinski definition) is 0. The van der Waals surface area contributed by atoms with E-state index in [1.54, 1.807) is 0 Å². The third kappa shape index (κ3) is 2.63. The Hall–Kier alpha value is -5.54. The zero-order valence-corrected chi connectivity index (χ0v) is 22.1. The Bertz CT molecular complexity index is 2570. The number of benzene rings is 6. The average molecular weight is 522 g/mol. The summed E-state index contributed by atoms with van der Waals surface area (Å²) in [7, 11) is 0. The molecule has 0 fully saturated rings. The van der Waals surface area contributed by atoms with E-state index in [9.17, 15) is 0 Å². The molecular formula is C38H23N3. The second kappa shape index (κ2) is 7.56. The molecule has 4 aromatic heterocycles. The molecule has 6 aromatic carbocycles. The second-order valence-electron chi connectivity index (χ2n) is 11.0. The molecule has 0 N–H and O–H groups in total. The standard InChI is InChI=1S/C38H23N3/c1-5-13-31-27(9-1)28-10-2-6-14-32(28)39(31)26-20-17-24(18-21-26)25-19-22-35-36(23-25)41-34-16-8-4-12-30(34)37-29-11-3-7-15-33(29)40(35)38(37)41/h1-23H. The molecule has 0 bridgehead atoms. The molecule has 10 rings (SSSR count). The van der Waals surface area contributed by atoms with Gasteiger partial charge in [-0.3, -0.25) is 8.80 Å². The lowest BCUT2D eigenvalue weighted by molar-refractivity contribution is 1.18. The lowest BCUT2D eigenvalue weighted by Gasteiger charge is -2.09. The molecule has 4 heterocycles. The van der Waals surface area contributed by atoms with Crippen LogP contribution in [0, 0.1) is 0 Å². The van der Waals surface area contributed by atoms with Gasteiger partial charge < -0.3 is 4.57 Å². The van der Waals surface area contributed by atoms with Crippen molar-refractivity contribution in [2.75, 3.05) is 0 Å². The fraction of sp³-hybridized carbons (Fsp3) is 0. The summed E-state index contributed by atoms with van der Waals surface area (Å²) in [5.74, 6) is 0. The number of rotatable bonds is 2. The number of para-hydroxylation sites is 4. The first-order valence-electron chi connectivity index (χ1n) is 14.1. The second-order valence-corrected chi connectivity index (χ2v) is 11.0. The first-order chi connectivity index (χ1) is 20.4. The molecule has 10 aromatic rings. The van der Waals surface area contributed by atoms with Crippen LogP contribution < -0.4 is 0 Å². The lowest BCUT2D eigenvalue weighted by Crippen LogP contribution is -1.93. The highest BCUT2D eigenvalue weighted by Crippen LogP contribution is 2.41. The summed E-state index contributed by atoms with van der Waals surface area (Å²) in [6, 6.07) is 50.9. The predicted octanol–water partition coefficient (Wildman–Crippen LogP) is 9.85. The Morgan fingerprint density at radius 3 is 1.44 bits per heavy atom. The molecule has 0 saturated heterocycles. The van der Waals surface area contributed by atoms with Gasteiger partial charge in [0, 0.05) is 32.6 Å². The van der Waals surface area contributed by atoms with Crippen LogP contribution in [0.15, 0.2) is 140 Å². The molecule has 41 heavy (non-hydrogen) atoms. The molecule has 0 spiro atoms. The highest BCUT2D eigenvalue weighted by atomic mass is 15.1. The van der Waals surface area contributed by atoms with Gasteiger partial charge in [0.1, 0.15) is 5.65 Å². The third-order valence-corrected chi connectivity index (χ3v) is 8.97. The Morgan fingerprint density at radius 2 is 0.829 bits per heavy atom. The van der Waals surface area contributed by atoms with Crippen LogP contribution in [0.5, 0.6) is 0 Å². The fourth-order valence-corrected chi connectivity index (χ4v) is 7.26. The van der Waals surface area contributed by atoms with Gasteiger partial charge in [0.05, 0.1) is 33.1 Å². The molecule has 0 saturated carbocycles. The van der Waals surface area contributed by atoms with Gasteiger partial charge in [-0.1, -0.05) is 91.0 Å². The Labute approximate surface area is 235 Å². The summed E-state index contributed by atoms with van der Waals surface area (Å²) in [4.78, 5) is 0. The van der Waals surface area contributed by atoms with Crippen LogP contribution in [0.25, 0.3) is 82.5 Å². The minimum atomic E-state index is 1.17. The van der Waals surface area contributed by atoms with Crippen molar-refractivity contribution in [3.63, 3.8) is 0 Å². The van der Waals surface area contributed by atoms with E-state index in [4.69, 9.17) is 0 Å². The number of imidazole rings is 1. The molecule has 0 unspecified atom stereocenters. The number of nitrogens with zero attached hydrogens (tertiary/aromatic N) is 3. The molecule has 0 aliphatic carbocycles. The lowest BCUT2D eigenvalue weighted by atomic mass is 10.0. The van der Waals surface area contributed by atoms with Crippen molar-refractivity contribution in [3.05, 3.63) is 140 Å². The van der Waals surface area contributed by atoms with Crippen molar-refractivity contribution in [2.45, 2.75) is 0 Å². The summed E-state index contributed by atoms with van der Waals surface area (Å²) < 4.78 is 7.27. The van der Waals surface area contributed by atoms with Crippen LogP contribution in [0.3, 0.4) is 0 Å². The topological polar surface area (TPSA) is 13.8 Å². The maximum absolute atomic E-state index is 2.45. The van der Waals surface area contributed by atoms with E-state index in [0.29, 0.717) is 0 Å². The predicted molar refractivity (Wildman–Crippen MR) is 172 cm³/mol. The molecular weight excluding hydrogens is 498 g/mol. The molecule has 3 heteroatoms. The van der Waals surface area contributed by atoms with E-state index in [1.807, 2.05) is 0 Å². The first-order valence-corrected chi connectivity index (χ1v) is 14.1. The van der Waals surface area contributed by atoms with Gasteiger partial charge >= 0.3 is 0 Å². The van der Waals surface area contributed by atoms with Gasteiger partial charge in [0.25, 0.3) is 0 Å². The van der Waals surface area contributed by atoms with Crippen molar-refractivity contribution < 1.29 is 0 Å². The van der Waals surface area contributed by atoms with Gasteiger partial charge in [-0.2, -0.15) is 0 Å². The maximum Gasteiger partial charge on any atom is 0.131 e. The molecule has 0 atom stereocenters. The van der Waals surface area contributed by atoms with Crippen LogP contribution in [0.1, 0.15) is 0 Å². The van der Waals surface area contributed by atoms with Crippen LogP contribution in [-0.4, -0.2) is 13.4 Å². The quantitative estimate of drug-likeness (QED) is 0.215. The van der Waals surface area contributed by atoms with Gasteiger partial charge in [0.2, 0.25) is 0 Å². The molecule has 3 nitrogen and oxygen atoms in total. The Balaban J connectivity index is 1.19. The van der Waals surface area contributed by atoms with E-state index < -0.39 is 0 Å². The SMILES string of the molecule is c1ccc2c(c1)c1ccccc1n2-c1ccc(-c2ccc3c(c2)n2c4ccccc4c4c5ccccc5n3c42)cc1. The van der Waals surface area contributed by atoms with Gasteiger partial charge in [-0.25, -0.2) is 0 Å². The van der Waals surface area contributed by atoms with Crippen LogP contribution >= 0.6 is 0 Å². The fourth-order valence-electron chi connectivity index (χ4n) is 7.26. The van der Waals surface area contributed by atoms with E-state index in [2.05, 4.69) is 153 Å². The average Bonchev–Trinajstić information content (AvgIpc) is 3.75. The Morgan fingerprint density at radius 1 is 0.341 bits per heavy atom. The monoisotopic (exact) mass is 521 g/mol. The summed E-state index contributed by atoms with van der Waals surface area (Å²) >= 11 is 0. The molecule has 190 valence electrons. The van der Waals surface area contributed by atoms with E-state index in [-0.39, 0.29) is 0 Å². The van der Waals surface area contributed by atoms with Gasteiger partial charge in [-0.05, 0) is 59.7 Å². The van der Waals surface area contributed by atoms with E-state index in [1.165, 1.54) is 82.5 Å². The van der Waals surface area contributed by atoms with Crippen molar-refractivity contribution in [2.24, 2.45) is 0 Å². The van der Waals surface area contributed by atoms with E-state index >= 15 is 0 Å². The first kappa shape index (κ1) is 21.3. The Kier molecular flexibility index (Phi) is 3.93. The van der Waals surface area contributed by atoms with Crippen LogP contribution in [0.2, 0.25) is 0 Å². The van der Waals surface area contributed by atoms with Gasteiger partial charge in [-0.15, -0.1) is 0 Å². The van der Waals surface area contributed by atoms with Crippen LogP contribution in [-0.2, 0) is 0 Å². The molecule has 0 aliphatic heterocycles. The minimum Gasteiger partial charge on any atom is -0.309 e.